The molecule has 126 valence electrons. The van der Waals surface area contributed by atoms with E-state index in [1.54, 1.807) is 6.21 Å². The van der Waals surface area contributed by atoms with Gasteiger partial charge in [-0.2, -0.15) is 5.10 Å². The SMILES string of the molecule is Cc1cc(/C=N\NC(=O)Cc2cccc3ccccc23)cc(C)c1O. The van der Waals surface area contributed by atoms with Crippen molar-refractivity contribution < 1.29 is 9.90 Å². The molecule has 0 unspecified atom stereocenters. The summed E-state index contributed by atoms with van der Waals surface area (Å²) >= 11 is 0. The molecule has 3 aromatic rings. The zero-order chi connectivity index (χ0) is 17.8. The van der Waals surface area contributed by atoms with E-state index in [0.717, 1.165) is 33.0 Å². The van der Waals surface area contributed by atoms with Crippen LogP contribution < -0.4 is 5.43 Å². The summed E-state index contributed by atoms with van der Waals surface area (Å²) in [7, 11) is 0. The molecule has 0 fully saturated rings. The van der Waals surface area contributed by atoms with Gasteiger partial charge in [-0.05, 0) is 59.0 Å². The number of hydrogen-bond acceptors (Lipinski definition) is 3. The van der Waals surface area contributed by atoms with Gasteiger partial charge in [0.05, 0.1) is 12.6 Å². The minimum absolute atomic E-state index is 0.167. The predicted molar refractivity (Wildman–Crippen MR) is 101 cm³/mol. The van der Waals surface area contributed by atoms with E-state index >= 15 is 0 Å². The Labute approximate surface area is 146 Å². The van der Waals surface area contributed by atoms with Gasteiger partial charge in [-0.3, -0.25) is 4.79 Å². The normalized spacial score (nSPS) is 11.1. The molecule has 3 aromatic carbocycles. The number of hydrazone groups is 1. The molecule has 4 heteroatoms. The lowest BCUT2D eigenvalue weighted by Crippen LogP contribution is -2.19. The van der Waals surface area contributed by atoms with Crippen LogP contribution in [-0.4, -0.2) is 17.2 Å². The molecule has 0 spiro atoms. The number of rotatable bonds is 4. The molecule has 25 heavy (non-hydrogen) atoms. The first kappa shape index (κ1) is 16.7. The standard InChI is InChI=1S/C21H20N2O2/c1-14-10-16(11-15(2)21(14)25)13-22-23-20(24)12-18-8-5-7-17-6-3-4-9-19(17)18/h3-11,13,25H,12H2,1-2H3,(H,23,24)/b22-13-. The van der Waals surface area contributed by atoms with E-state index in [1.165, 1.54) is 0 Å². The third-order valence-electron chi connectivity index (χ3n) is 4.15. The molecule has 0 bridgehead atoms. The van der Waals surface area contributed by atoms with Gasteiger partial charge in [0.25, 0.3) is 0 Å². The van der Waals surface area contributed by atoms with E-state index < -0.39 is 0 Å². The van der Waals surface area contributed by atoms with E-state index in [2.05, 4.69) is 10.5 Å². The number of benzene rings is 3. The molecule has 2 N–H and O–H groups in total. The van der Waals surface area contributed by atoms with Crippen LogP contribution in [0.2, 0.25) is 0 Å². The van der Waals surface area contributed by atoms with Crippen LogP contribution in [0.15, 0.2) is 59.7 Å². The number of carbonyl (C=O) groups is 1. The number of nitrogens with zero attached hydrogens (tertiary/aromatic N) is 1. The summed E-state index contributed by atoms with van der Waals surface area (Å²) in [4.78, 5) is 12.2. The average molecular weight is 332 g/mol. The predicted octanol–water partition coefficient (Wildman–Crippen LogP) is 3.86. The number of fused-ring (bicyclic) bond motifs is 1. The molecular formula is C21H20N2O2. The van der Waals surface area contributed by atoms with Gasteiger partial charge >= 0.3 is 0 Å². The first-order valence-corrected chi connectivity index (χ1v) is 8.13. The third-order valence-corrected chi connectivity index (χ3v) is 4.15. The fraction of sp³-hybridized carbons (Fsp3) is 0.143. The van der Waals surface area contributed by atoms with E-state index in [4.69, 9.17) is 0 Å². The molecule has 0 saturated carbocycles. The zero-order valence-electron chi connectivity index (χ0n) is 14.3. The van der Waals surface area contributed by atoms with Gasteiger partial charge in [0.1, 0.15) is 5.75 Å². The molecule has 0 aromatic heterocycles. The Morgan fingerprint density at radius 2 is 1.76 bits per heavy atom. The molecule has 0 aliphatic carbocycles. The van der Waals surface area contributed by atoms with Crippen molar-refractivity contribution in [1.29, 1.82) is 0 Å². The van der Waals surface area contributed by atoms with Crippen molar-refractivity contribution in [1.82, 2.24) is 5.43 Å². The Morgan fingerprint density at radius 1 is 1.08 bits per heavy atom. The van der Waals surface area contributed by atoms with Crippen LogP contribution in [-0.2, 0) is 11.2 Å². The van der Waals surface area contributed by atoms with Crippen molar-refractivity contribution in [2.24, 2.45) is 5.10 Å². The van der Waals surface area contributed by atoms with Crippen molar-refractivity contribution in [3.63, 3.8) is 0 Å². The van der Waals surface area contributed by atoms with Crippen molar-refractivity contribution in [3.05, 3.63) is 76.9 Å². The lowest BCUT2D eigenvalue weighted by atomic mass is 10.0. The topological polar surface area (TPSA) is 61.7 Å². The van der Waals surface area contributed by atoms with Crippen LogP contribution in [0.25, 0.3) is 10.8 Å². The van der Waals surface area contributed by atoms with E-state index in [9.17, 15) is 9.90 Å². The molecular weight excluding hydrogens is 312 g/mol. The zero-order valence-corrected chi connectivity index (χ0v) is 14.3. The molecule has 4 nitrogen and oxygen atoms in total. The summed E-state index contributed by atoms with van der Waals surface area (Å²) in [6, 6.07) is 17.6. The summed E-state index contributed by atoms with van der Waals surface area (Å²) in [5.74, 6) is 0.122. The van der Waals surface area contributed by atoms with Crippen LogP contribution in [0, 0.1) is 13.8 Å². The van der Waals surface area contributed by atoms with Crippen molar-refractivity contribution in [3.8, 4) is 5.75 Å². The highest BCUT2D eigenvalue weighted by molar-refractivity contribution is 5.90. The van der Waals surface area contributed by atoms with Gasteiger partial charge in [-0.1, -0.05) is 42.5 Å². The molecule has 0 heterocycles. The highest BCUT2D eigenvalue weighted by Crippen LogP contribution is 2.22. The molecule has 3 rings (SSSR count). The minimum atomic E-state index is -0.167. The number of aryl methyl sites for hydroxylation is 2. The Kier molecular flexibility index (Phi) is 4.80. The lowest BCUT2D eigenvalue weighted by Gasteiger charge is -2.06. The summed E-state index contributed by atoms with van der Waals surface area (Å²) in [5.41, 5.74) is 5.93. The van der Waals surface area contributed by atoms with E-state index in [-0.39, 0.29) is 18.1 Å². The first-order chi connectivity index (χ1) is 12.0. The molecule has 1 amide bonds. The Bertz CT molecular complexity index is 933. The molecule has 0 saturated heterocycles. The largest absolute Gasteiger partial charge is 0.507 e. The molecule has 0 aliphatic rings. The van der Waals surface area contributed by atoms with Crippen molar-refractivity contribution in [2.45, 2.75) is 20.3 Å². The minimum Gasteiger partial charge on any atom is -0.507 e. The highest BCUT2D eigenvalue weighted by Gasteiger charge is 2.06. The second kappa shape index (κ2) is 7.18. The van der Waals surface area contributed by atoms with E-state index in [1.807, 2.05) is 68.4 Å². The van der Waals surface area contributed by atoms with Gasteiger partial charge in [0.15, 0.2) is 0 Å². The first-order valence-electron chi connectivity index (χ1n) is 8.13. The number of phenols is 1. The van der Waals surface area contributed by atoms with E-state index in [0.29, 0.717) is 0 Å². The number of phenolic OH excluding ortho intramolecular Hbond substituents is 1. The Hall–Kier alpha value is -3.14. The summed E-state index contributed by atoms with van der Waals surface area (Å²) in [6.07, 6.45) is 1.85. The number of carbonyl (C=O) groups excluding carboxylic acids is 1. The Balaban J connectivity index is 1.69. The number of hydrogen-bond donors (Lipinski definition) is 2. The quantitative estimate of drug-likeness (QED) is 0.563. The molecule has 0 radical (unpaired) electrons. The van der Waals surface area contributed by atoms with Crippen LogP contribution in [0.1, 0.15) is 22.3 Å². The summed E-state index contributed by atoms with van der Waals surface area (Å²) in [6.45, 7) is 3.66. The second-order valence-electron chi connectivity index (χ2n) is 6.11. The number of amides is 1. The van der Waals surface area contributed by atoms with Gasteiger partial charge in [-0.15, -0.1) is 0 Å². The highest BCUT2D eigenvalue weighted by atomic mass is 16.3. The van der Waals surface area contributed by atoms with Crippen LogP contribution in [0.3, 0.4) is 0 Å². The van der Waals surface area contributed by atoms with Gasteiger partial charge in [-0.25, -0.2) is 5.43 Å². The lowest BCUT2D eigenvalue weighted by molar-refractivity contribution is -0.120. The molecule has 0 aliphatic heterocycles. The summed E-state index contributed by atoms with van der Waals surface area (Å²) < 4.78 is 0. The number of nitrogens with one attached hydrogen (secondary N) is 1. The van der Waals surface area contributed by atoms with Gasteiger partial charge in [0, 0.05) is 0 Å². The maximum atomic E-state index is 12.2. The van der Waals surface area contributed by atoms with Crippen LogP contribution in [0.4, 0.5) is 0 Å². The summed E-state index contributed by atoms with van der Waals surface area (Å²) in [5, 5.41) is 16.0. The monoisotopic (exact) mass is 332 g/mol. The van der Waals surface area contributed by atoms with Crippen molar-refractivity contribution >= 4 is 22.9 Å². The maximum Gasteiger partial charge on any atom is 0.244 e. The van der Waals surface area contributed by atoms with Crippen LogP contribution in [0.5, 0.6) is 5.75 Å². The maximum absolute atomic E-state index is 12.2. The van der Waals surface area contributed by atoms with Gasteiger partial charge < -0.3 is 5.11 Å². The fourth-order valence-corrected chi connectivity index (χ4v) is 2.90. The average Bonchev–Trinajstić information content (AvgIpc) is 2.60. The van der Waals surface area contributed by atoms with Crippen molar-refractivity contribution in [2.75, 3.05) is 0 Å². The smallest absolute Gasteiger partial charge is 0.244 e. The molecule has 0 atom stereocenters. The third kappa shape index (κ3) is 3.86. The fourth-order valence-electron chi connectivity index (χ4n) is 2.90. The second-order valence-corrected chi connectivity index (χ2v) is 6.11. The van der Waals surface area contributed by atoms with Crippen LogP contribution >= 0.6 is 0 Å². The Morgan fingerprint density at radius 3 is 2.52 bits per heavy atom. The number of aromatic hydroxyl groups is 1. The van der Waals surface area contributed by atoms with Gasteiger partial charge in [0.2, 0.25) is 5.91 Å².